The van der Waals surface area contributed by atoms with E-state index in [4.69, 9.17) is 16.3 Å². The lowest BCUT2D eigenvalue weighted by atomic mass is 9.87. The van der Waals surface area contributed by atoms with Crippen molar-refractivity contribution in [1.29, 1.82) is 0 Å². The number of rotatable bonds is 7. The average Bonchev–Trinajstić information content (AvgIpc) is 3.50. The molecule has 210 valence electrons. The summed E-state index contributed by atoms with van der Waals surface area (Å²) < 4.78 is 29.9. The number of nitrogens with one attached hydrogen (secondary N) is 1. The van der Waals surface area contributed by atoms with Gasteiger partial charge in [-0.3, -0.25) is 9.69 Å². The molecule has 0 radical (unpaired) electrons. The fraction of sp³-hybridized carbons (Fsp3) is 0.310. The van der Waals surface area contributed by atoms with E-state index in [9.17, 15) is 23.1 Å². The highest BCUT2D eigenvalue weighted by Gasteiger charge is 2.51. The number of carbonyl (C=O) groups excluding carboxylic acids is 2. The summed E-state index contributed by atoms with van der Waals surface area (Å²) in [6.45, 7) is 3.21. The van der Waals surface area contributed by atoms with Crippen LogP contribution in [-0.2, 0) is 30.7 Å². The third-order valence-electron chi connectivity index (χ3n) is 7.26. The van der Waals surface area contributed by atoms with E-state index in [2.05, 4.69) is 5.32 Å². The number of amides is 1. The van der Waals surface area contributed by atoms with Gasteiger partial charge in [0, 0.05) is 28.3 Å². The van der Waals surface area contributed by atoms with Gasteiger partial charge in [-0.15, -0.1) is 11.3 Å². The number of aliphatic hydroxyl groups excluding tert-OH is 1. The maximum atomic E-state index is 13.1. The Kier molecular flexibility index (Phi) is 7.80. The second-order valence-electron chi connectivity index (χ2n) is 10.2. The van der Waals surface area contributed by atoms with Crippen molar-refractivity contribution >= 4 is 50.2 Å². The van der Waals surface area contributed by atoms with Gasteiger partial charge in [-0.05, 0) is 78.7 Å². The lowest BCUT2D eigenvalue weighted by molar-refractivity contribution is -0.152. The van der Waals surface area contributed by atoms with Gasteiger partial charge in [0.15, 0.2) is 21.2 Å². The van der Waals surface area contributed by atoms with E-state index in [0.29, 0.717) is 53.2 Å². The van der Waals surface area contributed by atoms with Crippen molar-refractivity contribution in [2.24, 2.45) is 0 Å². The third kappa shape index (κ3) is 5.67. The van der Waals surface area contributed by atoms with Crippen LogP contribution in [0.4, 0.5) is 0 Å². The van der Waals surface area contributed by atoms with E-state index in [-0.39, 0.29) is 35.2 Å². The number of ether oxygens (including phenoxy) is 1. The summed E-state index contributed by atoms with van der Waals surface area (Å²) in [6.07, 6.45) is 2.21. The summed E-state index contributed by atoms with van der Waals surface area (Å²) in [7, 11) is -3.41. The third-order valence-corrected chi connectivity index (χ3v) is 9.56. The minimum Gasteiger partial charge on any atom is -0.507 e. The number of hydrogen-bond donors (Lipinski definition) is 2. The number of carbonyl (C=O) groups is 2. The van der Waals surface area contributed by atoms with Crippen molar-refractivity contribution in [3.63, 3.8) is 0 Å². The number of nitrogens with zero attached hydrogens (tertiary/aromatic N) is 1. The summed E-state index contributed by atoms with van der Waals surface area (Å²) in [5.41, 5.74) is 1.15. The molecule has 0 saturated carbocycles. The first-order valence-electron chi connectivity index (χ1n) is 12.8. The molecule has 1 spiro atoms. The van der Waals surface area contributed by atoms with Crippen LogP contribution >= 0.6 is 22.9 Å². The second-order valence-corrected chi connectivity index (χ2v) is 13.7. The zero-order chi connectivity index (χ0) is 28.7. The number of sulfone groups is 1. The standard InChI is InChI=1S/C29H29ClN2O6S2/c1-18-12-23(19-6-3-8-21(13-19)40(2,36)37)24(30)14-22(18)26-27(34)29(38-28(26)35)9-5-10-32(17-29)16-25(33)31-15-20-7-4-11-39-20/h3-4,6-8,11-14,34H,5,9-10,15-17H2,1-2H3,(H,31,33). The normalized spacial score (nSPS) is 19.7. The van der Waals surface area contributed by atoms with Crippen LogP contribution in [-0.4, -0.2) is 61.8 Å². The van der Waals surface area contributed by atoms with Gasteiger partial charge >= 0.3 is 5.97 Å². The summed E-state index contributed by atoms with van der Waals surface area (Å²) in [6, 6.07) is 13.7. The minimum absolute atomic E-state index is 0.0554. The zero-order valence-electron chi connectivity index (χ0n) is 22.1. The van der Waals surface area contributed by atoms with Crippen molar-refractivity contribution in [2.75, 3.05) is 25.9 Å². The lowest BCUT2D eigenvalue weighted by Crippen LogP contribution is -2.52. The number of likely N-dealkylation sites (tertiary alicyclic amines) is 1. The molecule has 1 aromatic heterocycles. The fourth-order valence-electron chi connectivity index (χ4n) is 5.28. The smallest absolute Gasteiger partial charge is 0.343 e. The van der Waals surface area contributed by atoms with Gasteiger partial charge < -0.3 is 15.2 Å². The highest BCUT2D eigenvalue weighted by Crippen LogP contribution is 2.44. The van der Waals surface area contributed by atoms with E-state index in [1.807, 2.05) is 22.4 Å². The first kappa shape index (κ1) is 28.4. The monoisotopic (exact) mass is 600 g/mol. The molecule has 8 nitrogen and oxygen atoms in total. The highest BCUT2D eigenvalue weighted by molar-refractivity contribution is 7.90. The Morgan fingerprint density at radius 2 is 2.00 bits per heavy atom. The van der Waals surface area contributed by atoms with Gasteiger partial charge in [-0.1, -0.05) is 29.8 Å². The summed E-state index contributed by atoms with van der Waals surface area (Å²) in [5.74, 6) is -0.948. The molecule has 0 bridgehead atoms. The van der Waals surface area contributed by atoms with Crippen LogP contribution in [0.5, 0.6) is 0 Å². The lowest BCUT2D eigenvalue weighted by Gasteiger charge is -2.38. The molecule has 2 aliphatic heterocycles. The largest absolute Gasteiger partial charge is 0.507 e. The Morgan fingerprint density at radius 3 is 2.73 bits per heavy atom. The molecule has 40 heavy (non-hydrogen) atoms. The summed E-state index contributed by atoms with van der Waals surface area (Å²) in [4.78, 5) is 28.8. The molecule has 1 unspecified atom stereocenters. The van der Waals surface area contributed by atoms with E-state index in [1.165, 1.54) is 6.07 Å². The predicted octanol–water partition coefficient (Wildman–Crippen LogP) is 4.76. The van der Waals surface area contributed by atoms with E-state index >= 15 is 0 Å². The maximum absolute atomic E-state index is 13.1. The topological polar surface area (TPSA) is 113 Å². The molecule has 2 aromatic carbocycles. The number of thiophene rings is 1. The Labute approximate surface area is 242 Å². The molecule has 3 heterocycles. The number of hydrogen-bond acceptors (Lipinski definition) is 8. The summed E-state index contributed by atoms with van der Waals surface area (Å²) in [5, 5.41) is 16.6. The average molecular weight is 601 g/mol. The maximum Gasteiger partial charge on any atom is 0.343 e. The van der Waals surface area contributed by atoms with E-state index in [1.54, 1.807) is 48.6 Å². The molecule has 1 fully saturated rings. The highest BCUT2D eigenvalue weighted by atomic mass is 35.5. The predicted molar refractivity (Wildman–Crippen MR) is 155 cm³/mol. The Balaban J connectivity index is 1.39. The van der Waals surface area contributed by atoms with Gasteiger partial charge in [-0.25, -0.2) is 13.2 Å². The van der Waals surface area contributed by atoms with Crippen LogP contribution in [0.15, 0.2) is 64.6 Å². The SMILES string of the molecule is Cc1cc(-c2cccc(S(C)(=O)=O)c2)c(Cl)cc1C1=C(O)C2(CCCN(CC(=O)NCc3cccs3)C2)OC1=O. The number of esters is 1. The van der Waals surface area contributed by atoms with E-state index in [0.717, 1.165) is 11.1 Å². The Bertz CT molecular complexity index is 1620. The molecule has 1 saturated heterocycles. The molecule has 11 heteroatoms. The van der Waals surface area contributed by atoms with Crippen LogP contribution in [0.2, 0.25) is 5.02 Å². The van der Waals surface area contributed by atoms with Crippen molar-refractivity contribution in [3.8, 4) is 11.1 Å². The Hall–Kier alpha value is -3.18. The quantitative estimate of drug-likeness (QED) is 0.376. The molecule has 3 aromatic rings. The van der Waals surface area contributed by atoms with E-state index < -0.39 is 21.4 Å². The van der Waals surface area contributed by atoms with Gasteiger partial charge in [0.2, 0.25) is 5.91 Å². The number of halogens is 1. The fourth-order valence-corrected chi connectivity index (χ4v) is 6.87. The van der Waals surface area contributed by atoms with Crippen LogP contribution in [0.3, 0.4) is 0 Å². The first-order valence-corrected chi connectivity index (χ1v) is 15.9. The van der Waals surface area contributed by atoms with Crippen molar-refractivity contribution in [3.05, 3.63) is 80.7 Å². The van der Waals surface area contributed by atoms with Crippen LogP contribution in [0.1, 0.15) is 28.8 Å². The number of aliphatic hydroxyl groups is 1. The van der Waals surface area contributed by atoms with Crippen LogP contribution < -0.4 is 5.32 Å². The van der Waals surface area contributed by atoms with Crippen molar-refractivity contribution in [1.82, 2.24) is 10.2 Å². The molecular weight excluding hydrogens is 572 g/mol. The molecule has 1 amide bonds. The second kappa shape index (κ2) is 11.0. The Morgan fingerprint density at radius 1 is 1.20 bits per heavy atom. The molecular formula is C29H29ClN2O6S2. The van der Waals surface area contributed by atoms with Crippen LogP contribution in [0.25, 0.3) is 16.7 Å². The van der Waals surface area contributed by atoms with Crippen LogP contribution in [0, 0.1) is 6.92 Å². The molecule has 2 aliphatic rings. The minimum atomic E-state index is -3.41. The summed E-state index contributed by atoms with van der Waals surface area (Å²) >= 11 is 8.21. The van der Waals surface area contributed by atoms with Crippen molar-refractivity contribution in [2.45, 2.75) is 36.8 Å². The molecule has 1 atom stereocenters. The number of benzene rings is 2. The number of aryl methyl sites for hydroxylation is 1. The molecule has 5 rings (SSSR count). The van der Waals surface area contributed by atoms with Gasteiger partial charge in [0.05, 0.1) is 18.0 Å². The molecule has 0 aliphatic carbocycles. The zero-order valence-corrected chi connectivity index (χ0v) is 24.5. The number of piperidine rings is 1. The van der Waals surface area contributed by atoms with Crippen molar-refractivity contribution < 1.29 is 27.9 Å². The van der Waals surface area contributed by atoms with Gasteiger partial charge in [-0.2, -0.15) is 0 Å². The van der Waals surface area contributed by atoms with Gasteiger partial charge in [0.25, 0.3) is 0 Å². The van der Waals surface area contributed by atoms with Gasteiger partial charge in [0.1, 0.15) is 5.57 Å². The molecule has 2 N–H and O–H groups in total. The first-order chi connectivity index (χ1) is 19.0.